The number of hydrogen-bond donors (Lipinski definition) is 1. The molecule has 0 aliphatic rings. The molecule has 0 spiro atoms. The number of rotatable bonds is 7. The van der Waals surface area contributed by atoms with E-state index in [1.54, 1.807) is 7.11 Å². The molecule has 0 saturated carbocycles. The van der Waals surface area contributed by atoms with Gasteiger partial charge in [-0.2, -0.15) is 0 Å². The SMILES string of the molecule is COCCN(C)[C@H](CCO)c1ccccc1. The van der Waals surface area contributed by atoms with Gasteiger partial charge in [-0.15, -0.1) is 0 Å². The lowest BCUT2D eigenvalue weighted by Gasteiger charge is -2.27. The Hall–Kier alpha value is -0.900. The van der Waals surface area contributed by atoms with Crippen LogP contribution in [0.25, 0.3) is 0 Å². The second kappa shape index (κ2) is 7.39. The van der Waals surface area contributed by atoms with E-state index < -0.39 is 0 Å². The molecule has 90 valence electrons. The van der Waals surface area contributed by atoms with Crippen molar-refractivity contribution in [2.45, 2.75) is 12.5 Å². The fourth-order valence-electron chi connectivity index (χ4n) is 1.83. The standard InChI is InChI=1S/C13H21NO2/c1-14(9-11-16-2)13(8-10-15)12-6-4-3-5-7-12/h3-7,13,15H,8-11H2,1-2H3/t13-/m1/s1. The van der Waals surface area contributed by atoms with Crippen LogP contribution in [0, 0.1) is 0 Å². The number of hydrogen-bond acceptors (Lipinski definition) is 3. The Morgan fingerprint density at radius 3 is 2.56 bits per heavy atom. The fourth-order valence-corrected chi connectivity index (χ4v) is 1.83. The van der Waals surface area contributed by atoms with Crippen molar-refractivity contribution in [2.75, 3.05) is 33.9 Å². The molecule has 3 heteroatoms. The largest absolute Gasteiger partial charge is 0.396 e. The Morgan fingerprint density at radius 1 is 1.31 bits per heavy atom. The zero-order valence-electron chi connectivity index (χ0n) is 10.1. The molecule has 0 aliphatic carbocycles. The van der Waals surface area contributed by atoms with E-state index in [1.807, 2.05) is 18.2 Å². The summed E-state index contributed by atoms with van der Waals surface area (Å²) in [5, 5.41) is 9.11. The first-order chi connectivity index (χ1) is 7.79. The molecule has 0 heterocycles. The van der Waals surface area contributed by atoms with Crippen molar-refractivity contribution in [3.8, 4) is 0 Å². The molecule has 0 amide bonds. The lowest BCUT2D eigenvalue weighted by atomic mass is 10.0. The summed E-state index contributed by atoms with van der Waals surface area (Å²) in [7, 11) is 3.77. The molecule has 0 unspecified atom stereocenters. The van der Waals surface area contributed by atoms with Crippen molar-refractivity contribution in [1.82, 2.24) is 4.90 Å². The molecule has 0 radical (unpaired) electrons. The van der Waals surface area contributed by atoms with Crippen LogP contribution in [0.1, 0.15) is 18.0 Å². The van der Waals surface area contributed by atoms with Gasteiger partial charge in [-0.3, -0.25) is 4.90 Å². The van der Waals surface area contributed by atoms with Gasteiger partial charge < -0.3 is 9.84 Å². The smallest absolute Gasteiger partial charge is 0.0589 e. The van der Waals surface area contributed by atoms with Gasteiger partial charge in [0.05, 0.1) is 6.61 Å². The Morgan fingerprint density at radius 2 is 2.00 bits per heavy atom. The maximum atomic E-state index is 9.11. The quantitative estimate of drug-likeness (QED) is 0.763. The molecular weight excluding hydrogens is 202 g/mol. The van der Waals surface area contributed by atoms with Gasteiger partial charge in [-0.05, 0) is 19.0 Å². The second-order valence-electron chi connectivity index (χ2n) is 3.91. The van der Waals surface area contributed by atoms with Crippen LogP contribution in [-0.2, 0) is 4.74 Å². The number of aliphatic hydroxyl groups is 1. The van der Waals surface area contributed by atoms with Crippen molar-refractivity contribution >= 4 is 0 Å². The molecule has 1 aromatic rings. The highest BCUT2D eigenvalue weighted by atomic mass is 16.5. The third-order valence-corrected chi connectivity index (χ3v) is 2.77. The lowest BCUT2D eigenvalue weighted by molar-refractivity contribution is 0.125. The van der Waals surface area contributed by atoms with E-state index in [0.29, 0.717) is 6.61 Å². The fraction of sp³-hybridized carbons (Fsp3) is 0.538. The van der Waals surface area contributed by atoms with Crippen LogP contribution in [0.4, 0.5) is 0 Å². The van der Waals surface area contributed by atoms with Crippen molar-refractivity contribution in [3.63, 3.8) is 0 Å². The number of likely N-dealkylation sites (N-methyl/N-ethyl adjacent to an activating group) is 1. The molecule has 16 heavy (non-hydrogen) atoms. The van der Waals surface area contributed by atoms with Crippen molar-refractivity contribution in [3.05, 3.63) is 35.9 Å². The van der Waals surface area contributed by atoms with E-state index in [4.69, 9.17) is 9.84 Å². The van der Waals surface area contributed by atoms with Crippen molar-refractivity contribution in [1.29, 1.82) is 0 Å². The van der Waals surface area contributed by atoms with Crippen LogP contribution in [0.15, 0.2) is 30.3 Å². The number of methoxy groups -OCH3 is 1. The lowest BCUT2D eigenvalue weighted by Crippen LogP contribution is -2.28. The van der Waals surface area contributed by atoms with E-state index in [1.165, 1.54) is 5.56 Å². The highest BCUT2D eigenvalue weighted by Gasteiger charge is 2.15. The highest BCUT2D eigenvalue weighted by molar-refractivity contribution is 5.18. The minimum absolute atomic E-state index is 0.205. The van der Waals surface area contributed by atoms with Crippen LogP contribution in [-0.4, -0.2) is 43.9 Å². The predicted octanol–water partition coefficient (Wildman–Crippen LogP) is 1.69. The summed E-state index contributed by atoms with van der Waals surface area (Å²) >= 11 is 0. The minimum atomic E-state index is 0.205. The van der Waals surface area contributed by atoms with Crippen LogP contribution >= 0.6 is 0 Å². The molecule has 1 rings (SSSR count). The molecule has 0 fully saturated rings. The summed E-state index contributed by atoms with van der Waals surface area (Å²) < 4.78 is 5.07. The summed E-state index contributed by atoms with van der Waals surface area (Å²) in [4.78, 5) is 2.22. The molecule has 0 aliphatic heterocycles. The number of benzene rings is 1. The molecule has 1 atom stereocenters. The molecular formula is C13H21NO2. The molecule has 0 aromatic heterocycles. The summed E-state index contributed by atoms with van der Waals surface area (Å²) in [6.45, 7) is 1.79. The van der Waals surface area contributed by atoms with Gasteiger partial charge in [0, 0.05) is 26.3 Å². The summed E-state index contributed by atoms with van der Waals surface area (Å²) in [5.74, 6) is 0. The third kappa shape index (κ3) is 3.93. The predicted molar refractivity (Wildman–Crippen MR) is 65.4 cm³/mol. The number of ether oxygens (including phenoxy) is 1. The van der Waals surface area contributed by atoms with E-state index >= 15 is 0 Å². The van der Waals surface area contributed by atoms with Crippen LogP contribution in [0.3, 0.4) is 0 Å². The van der Waals surface area contributed by atoms with Crippen LogP contribution < -0.4 is 0 Å². The Labute approximate surface area is 97.7 Å². The van der Waals surface area contributed by atoms with Gasteiger partial charge >= 0.3 is 0 Å². The van der Waals surface area contributed by atoms with Crippen LogP contribution in [0.2, 0.25) is 0 Å². The molecule has 1 aromatic carbocycles. The monoisotopic (exact) mass is 223 g/mol. The maximum Gasteiger partial charge on any atom is 0.0589 e. The molecule has 3 nitrogen and oxygen atoms in total. The first-order valence-corrected chi connectivity index (χ1v) is 5.64. The van der Waals surface area contributed by atoms with Crippen molar-refractivity contribution in [2.24, 2.45) is 0 Å². The van der Waals surface area contributed by atoms with Gasteiger partial charge in [0.15, 0.2) is 0 Å². The summed E-state index contributed by atoms with van der Waals surface area (Å²) in [6.07, 6.45) is 0.754. The van der Waals surface area contributed by atoms with E-state index in [9.17, 15) is 0 Å². The number of aliphatic hydroxyl groups excluding tert-OH is 1. The molecule has 0 saturated heterocycles. The average molecular weight is 223 g/mol. The first-order valence-electron chi connectivity index (χ1n) is 5.64. The van der Waals surface area contributed by atoms with Crippen LogP contribution in [0.5, 0.6) is 0 Å². The molecule has 0 bridgehead atoms. The van der Waals surface area contributed by atoms with Gasteiger partial charge in [-0.25, -0.2) is 0 Å². The van der Waals surface area contributed by atoms with Gasteiger partial charge in [0.2, 0.25) is 0 Å². The Kier molecular flexibility index (Phi) is 6.08. The minimum Gasteiger partial charge on any atom is -0.396 e. The third-order valence-electron chi connectivity index (χ3n) is 2.77. The van der Waals surface area contributed by atoms with Crippen molar-refractivity contribution < 1.29 is 9.84 Å². The van der Waals surface area contributed by atoms with E-state index in [0.717, 1.165) is 13.0 Å². The Balaban J connectivity index is 2.66. The Bertz CT molecular complexity index is 277. The maximum absolute atomic E-state index is 9.11. The zero-order chi connectivity index (χ0) is 11.8. The molecule has 1 N–H and O–H groups in total. The van der Waals surface area contributed by atoms with Gasteiger partial charge in [0.1, 0.15) is 0 Å². The highest BCUT2D eigenvalue weighted by Crippen LogP contribution is 2.22. The second-order valence-corrected chi connectivity index (χ2v) is 3.91. The number of nitrogens with zero attached hydrogens (tertiary/aromatic N) is 1. The normalized spacial score (nSPS) is 13.0. The first kappa shape index (κ1) is 13.2. The topological polar surface area (TPSA) is 32.7 Å². The van der Waals surface area contributed by atoms with Gasteiger partial charge in [0.25, 0.3) is 0 Å². The van der Waals surface area contributed by atoms with E-state index in [2.05, 4.69) is 24.1 Å². The van der Waals surface area contributed by atoms with E-state index in [-0.39, 0.29) is 12.6 Å². The van der Waals surface area contributed by atoms with Gasteiger partial charge in [-0.1, -0.05) is 30.3 Å². The zero-order valence-corrected chi connectivity index (χ0v) is 10.1. The summed E-state index contributed by atoms with van der Waals surface area (Å²) in [6, 6.07) is 10.5. The summed E-state index contributed by atoms with van der Waals surface area (Å²) in [5.41, 5.74) is 1.25. The average Bonchev–Trinajstić information content (AvgIpc) is 2.34.